The lowest BCUT2D eigenvalue weighted by Gasteiger charge is -2.17. The Balaban J connectivity index is 2.70. The molecular weight excluding hydrogens is 232 g/mol. The fourth-order valence-corrected chi connectivity index (χ4v) is 1.63. The Morgan fingerprint density at radius 3 is 2.44 bits per heavy atom. The summed E-state index contributed by atoms with van der Waals surface area (Å²) in [6.07, 6.45) is 2.21. The van der Waals surface area contributed by atoms with E-state index >= 15 is 0 Å². The van der Waals surface area contributed by atoms with Crippen LogP contribution in [-0.4, -0.2) is 28.1 Å². The predicted molar refractivity (Wildman–Crippen MR) is 71.3 cm³/mol. The molecule has 0 aromatic carbocycles. The summed E-state index contributed by atoms with van der Waals surface area (Å²) in [5.41, 5.74) is 2.39. The number of hydrogen-bond acceptors (Lipinski definition) is 7. The zero-order chi connectivity index (χ0) is 13.5. The number of nitrogen functional groups attached to an aromatic ring is 1. The van der Waals surface area contributed by atoms with Crippen LogP contribution in [0, 0.1) is 5.92 Å². The zero-order valence-electron chi connectivity index (χ0n) is 11.4. The minimum atomic E-state index is 0.233. The van der Waals surface area contributed by atoms with Crippen LogP contribution in [0.5, 0.6) is 6.01 Å². The first-order valence-corrected chi connectivity index (χ1v) is 6.12. The van der Waals surface area contributed by atoms with Gasteiger partial charge in [-0.05, 0) is 19.3 Å². The summed E-state index contributed by atoms with van der Waals surface area (Å²) < 4.78 is 4.98. The Bertz CT molecular complexity index is 350. The van der Waals surface area contributed by atoms with Crippen molar-refractivity contribution in [3.63, 3.8) is 0 Å². The molecule has 0 aliphatic carbocycles. The highest BCUT2D eigenvalue weighted by molar-refractivity contribution is 5.35. The highest BCUT2D eigenvalue weighted by atomic mass is 16.5. The highest BCUT2D eigenvalue weighted by Crippen LogP contribution is 2.15. The van der Waals surface area contributed by atoms with Gasteiger partial charge in [0.2, 0.25) is 11.9 Å². The molecule has 2 unspecified atom stereocenters. The van der Waals surface area contributed by atoms with Crippen LogP contribution in [0.4, 0.5) is 11.9 Å². The summed E-state index contributed by atoms with van der Waals surface area (Å²) >= 11 is 0. The quantitative estimate of drug-likeness (QED) is 0.499. The van der Waals surface area contributed by atoms with Crippen molar-refractivity contribution in [3.8, 4) is 6.01 Å². The highest BCUT2D eigenvalue weighted by Gasteiger charge is 2.11. The minimum absolute atomic E-state index is 0.233. The van der Waals surface area contributed by atoms with Crippen molar-refractivity contribution < 1.29 is 4.74 Å². The number of hydrogen-bond donors (Lipinski definition) is 3. The number of rotatable bonds is 7. The van der Waals surface area contributed by atoms with Crippen molar-refractivity contribution in [2.45, 2.75) is 39.7 Å². The molecule has 0 bridgehead atoms. The Hall–Kier alpha value is -1.63. The van der Waals surface area contributed by atoms with Gasteiger partial charge < -0.3 is 10.1 Å². The third-order valence-corrected chi connectivity index (χ3v) is 2.75. The van der Waals surface area contributed by atoms with Crippen LogP contribution in [0.2, 0.25) is 0 Å². The van der Waals surface area contributed by atoms with Crippen LogP contribution in [0.25, 0.3) is 0 Å². The summed E-state index contributed by atoms with van der Waals surface area (Å²) in [5, 5.41) is 3.22. The van der Waals surface area contributed by atoms with Crippen molar-refractivity contribution in [1.82, 2.24) is 15.0 Å². The molecule has 2 atom stereocenters. The molecule has 0 saturated heterocycles. The molecule has 1 aromatic rings. The lowest BCUT2D eigenvalue weighted by molar-refractivity contribution is 0.379. The molecular formula is C11H22N6O. The number of nitrogens with two attached hydrogens (primary N) is 1. The number of hydrazine groups is 1. The monoisotopic (exact) mass is 254 g/mol. The molecule has 7 nitrogen and oxygen atoms in total. The van der Waals surface area contributed by atoms with E-state index in [1.165, 1.54) is 7.11 Å². The first-order valence-electron chi connectivity index (χ1n) is 6.12. The molecule has 18 heavy (non-hydrogen) atoms. The van der Waals surface area contributed by atoms with Gasteiger partial charge in [-0.15, -0.1) is 0 Å². The second kappa shape index (κ2) is 6.95. The largest absolute Gasteiger partial charge is 0.467 e. The van der Waals surface area contributed by atoms with Gasteiger partial charge in [-0.2, -0.15) is 15.0 Å². The third kappa shape index (κ3) is 4.33. The van der Waals surface area contributed by atoms with Crippen molar-refractivity contribution in [2.75, 3.05) is 17.9 Å². The molecule has 0 spiro atoms. The van der Waals surface area contributed by atoms with Gasteiger partial charge in [-0.3, -0.25) is 5.43 Å². The zero-order valence-corrected chi connectivity index (χ0v) is 11.4. The summed E-state index contributed by atoms with van der Waals surface area (Å²) in [6, 6.07) is 0.508. The van der Waals surface area contributed by atoms with Crippen LogP contribution >= 0.6 is 0 Å². The van der Waals surface area contributed by atoms with Crippen molar-refractivity contribution in [3.05, 3.63) is 0 Å². The van der Waals surface area contributed by atoms with E-state index < -0.39 is 0 Å². The van der Waals surface area contributed by atoms with Crippen molar-refractivity contribution in [1.29, 1.82) is 0 Å². The van der Waals surface area contributed by atoms with E-state index in [0.717, 1.165) is 12.8 Å². The van der Waals surface area contributed by atoms with E-state index in [9.17, 15) is 0 Å². The topological polar surface area (TPSA) is 98.0 Å². The van der Waals surface area contributed by atoms with E-state index in [4.69, 9.17) is 10.6 Å². The Kier molecular flexibility index (Phi) is 5.57. The molecule has 1 rings (SSSR count). The first kappa shape index (κ1) is 14.4. The maximum absolute atomic E-state index is 5.29. The second-order valence-electron chi connectivity index (χ2n) is 4.41. The first-order chi connectivity index (χ1) is 8.58. The molecule has 7 heteroatoms. The average molecular weight is 254 g/mol. The fraction of sp³-hybridized carbons (Fsp3) is 0.727. The maximum atomic E-state index is 5.29. The molecule has 0 amide bonds. The van der Waals surface area contributed by atoms with Gasteiger partial charge >= 0.3 is 6.01 Å². The van der Waals surface area contributed by atoms with Crippen LogP contribution in [0.1, 0.15) is 33.6 Å². The Morgan fingerprint density at radius 2 is 1.89 bits per heavy atom. The number of aromatic nitrogens is 3. The van der Waals surface area contributed by atoms with E-state index in [0.29, 0.717) is 11.9 Å². The summed E-state index contributed by atoms with van der Waals surface area (Å²) in [7, 11) is 1.50. The van der Waals surface area contributed by atoms with E-state index in [1.807, 2.05) is 0 Å². The number of anilines is 2. The van der Waals surface area contributed by atoms with Crippen molar-refractivity contribution >= 4 is 11.9 Å². The van der Waals surface area contributed by atoms with Crippen LogP contribution in [0.3, 0.4) is 0 Å². The van der Waals surface area contributed by atoms with Gasteiger partial charge in [-0.25, -0.2) is 5.84 Å². The van der Waals surface area contributed by atoms with E-state index in [1.54, 1.807) is 0 Å². The number of nitrogens with one attached hydrogen (secondary N) is 2. The van der Waals surface area contributed by atoms with Gasteiger partial charge in [0, 0.05) is 6.04 Å². The standard InChI is InChI=1S/C11H22N6O/c1-5-7(2)6-8(3)13-9-14-10(17-12)16-11(15-9)18-4/h7-8H,5-6,12H2,1-4H3,(H2,13,14,15,16,17). The smallest absolute Gasteiger partial charge is 0.322 e. The average Bonchev–Trinajstić information content (AvgIpc) is 2.37. The molecule has 1 aromatic heterocycles. The summed E-state index contributed by atoms with van der Waals surface area (Å²) in [5.74, 6) is 6.69. The van der Waals surface area contributed by atoms with Crippen LogP contribution in [0.15, 0.2) is 0 Å². The Morgan fingerprint density at radius 1 is 1.22 bits per heavy atom. The van der Waals surface area contributed by atoms with Gasteiger partial charge in [0.05, 0.1) is 7.11 Å². The SMILES string of the molecule is CCC(C)CC(C)Nc1nc(NN)nc(OC)n1. The molecule has 0 aliphatic heterocycles. The van der Waals surface area contributed by atoms with E-state index in [2.05, 4.69) is 46.5 Å². The molecule has 102 valence electrons. The minimum Gasteiger partial charge on any atom is -0.467 e. The molecule has 0 fully saturated rings. The lowest BCUT2D eigenvalue weighted by atomic mass is 10.0. The molecule has 0 aliphatic rings. The third-order valence-electron chi connectivity index (χ3n) is 2.75. The van der Waals surface area contributed by atoms with Gasteiger partial charge in [0.1, 0.15) is 0 Å². The Labute approximate surface area is 108 Å². The lowest BCUT2D eigenvalue weighted by Crippen LogP contribution is -2.21. The fourth-order valence-electron chi connectivity index (χ4n) is 1.63. The number of methoxy groups -OCH3 is 1. The summed E-state index contributed by atoms with van der Waals surface area (Å²) in [6.45, 7) is 6.50. The second-order valence-corrected chi connectivity index (χ2v) is 4.41. The van der Waals surface area contributed by atoms with Gasteiger partial charge in [0.25, 0.3) is 0 Å². The van der Waals surface area contributed by atoms with Gasteiger partial charge in [-0.1, -0.05) is 20.3 Å². The summed E-state index contributed by atoms with van der Waals surface area (Å²) in [4.78, 5) is 12.2. The van der Waals surface area contributed by atoms with E-state index in [-0.39, 0.29) is 18.0 Å². The van der Waals surface area contributed by atoms with Crippen molar-refractivity contribution in [2.24, 2.45) is 11.8 Å². The number of nitrogens with zero attached hydrogens (tertiary/aromatic N) is 3. The molecule has 0 radical (unpaired) electrons. The predicted octanol–water partition coefficient (Wildman–Crippen LogP) is 1.40. The molecule has 0 saturated carbocycles. The normalized spacial score (nSPS) is 13.8. The van der Waals surface area contributed by atoms with Crippen LogP contribution < -0.4 is 21.3 Å². The van der Waals surface area contributed by atoms with Crippen LogP contribution in [-0.2, 0) is 0 Å². The molecule has 4 N–H and O–H groups in total. The molecule has 1 heterocycles. The maximum Gasteiger partial charge on any atom is 0.322 e. The number of ether oxygens (including phenoxy) is 1. The van der Waals surface area contributed by atoms with Gasteiger partial charge in [0.15, 0.2) is 0 Å².